The zero-order valence-corrected chi connectivity index (χ0v) is 57.8. The van der Waals surface area contributed by atoms with Gasteiger partial charge < -0.3 is 4.74 Å². The Morgan fingerprint density at radius 2 is 0.862 bits per heavy atom. The molecule has 12 aromatic rings. The molecule has 94 heavy (non-hydrogen) atoms. The predicted molar refractivity (Wildman–Crippen MR) is 370 cm³/mol. The maximum Gasteiger partial charge on any atom is 0.186 e. The number of hydrogen-bond donors (Lipinski definition) is 0. The van der Waals surface area contributed by atoms with Crippen molar-refractivity contribution in [2.75, 3.05) is 7.11 Å². The molecule has 21 heteroatoms. The van der Waals surface area contributed by atoms with E-state index in [1.807, 2.05) is 131 Å². The highest BCUT2D eigenvalue weighted by Crippen LogP contribution is 2.34. The minimum absolute atomic E-state index is 0.0400. The molecule has 0 amide bonds. The molecule has 0 fully saturated rings. The lowest BCUT2D eigenvalue weighted by molar-refractivity contribution is 0.181. The Hall–Kier alpha value is -8.79. The molecular weight excluding hydrogens is 1270 g/mol. The molecule has 0 N–H and O–H groups in total. The largest absolute Gasteiger partial charge is 0.378 e. The van der Waals surface area contributed by atoms with E-state index in [9.17, 15) is 29.6 Å². The summed E-state index contributed by atoms with van der Waals surface area (Å²) < 4.78 is 104. The van der Waals surface area contributed by atoms with Crippen LogP contribution in [0.3, 0.4) is 0 Å². The van der Waals surface area contributed by atoms with Crippen molar-refractivity contribution < 1.29 is 34.4 Å². The van der Waals surface area contributed by atoms with Gasteiger partial charge in [-0.25, -0.2) is 43.7 Å². The number of nitrogens with zero attached hydrogens (tertiary/aromatic N) is 9. The molecule has 12 rings (SSSR count). The molecule has 486 valence electrons. The standard InChI is InChI=1S/C25H27N3O3S.C24H24ClN3O2S.C24H24FN3O2S/c1-25(2,3)18-10-12-21(13-11-18)32(29,30)17-20-15-19(16-31-4)27-28(20)24-9-5-8-23-22(24)7-6-14-26-23;1-16-14-18(15-31(29,30)19-9-7-17(8-10-19)24(2,3)4)28(27-16)22-12-11-21(25)23-20(22)6-5-13-26-23;1-16-13-18(28(27-16)22-9-5-8-21-19(22)7-6-12-26-21)15-31(29,30)23-11-10-17(14-20(23)25)24(2,3)4/h5-15H,16-17H2,1-4H3;2*5-14H,15H2,1-4H3. The summed E-state index contributed by atoms with van der Waals surface area (Å²) in [5.74, 6) is -1.43. The number of pyridine rings is 3. The minimum Gasteiger partial charge on any atom is -0.378 e. The van der Waals surface area contributed by atoms with Crippen LogP contribution in [0.2, 0.25) is 5.02 Å². The number of benzene rings is 6. The first-order valence-corrected chi connectivity index (χ1v) is 35.7. The van der Waals surface area contributed by atoms with E-state index < -0.39 is 35.3 Å². The molecule has 0 radical (unpaired) electrons. The van der Waals surface area contributed by atoms with Crippen LogP contribution < -0.4 is 0 Å². The molecule has 0 saturated heterocycles. The van der Waals surface area contributed by atoms with Crippen LogP contribution >= 0.6 is 11.6 Å². The van der Waals surface area contributed by atoms with Crippen LogP contribution in [0.5, 0.6) is 0 Å². The average molecular weight is 1340 g/mol. The average Bonchev–Trinajstić information content (AvgIpc) is 1.49. The SMILES string of the molecule is COCc1cc(CS(=O)(=O)c2ccc(C(C)(C)C)cc2)n(-c2cccc3ncccc23)n1.Cc1cc(CS(=O)(=O)c2ccc(C(C)(C)C)cc2)n(-c2ccc(Cl)c3ncccc23)n1.Cc1cc(CS(=O)(=O)c2ccc(C(C)(C)C)cc2F)n(-c2cccc3ncccc23)n1. The van der Waals surface area contributed by atoms with E-state index in [1.165, 1.54) is 12.1 Å². The van der Waals surface area contributed by atoms with Crippen LogP contribution in [0.4, 0.5) is 4.39 Å². The zero-order valence-electron chi connectivity index (χ0n) is 54.6. The predicted octanol–water partition coefficient (Wildman–Crippen LogP) is 15.6. The molecule has 0 aliphatic carbocycles. The van der Waals surface area contributed by atoms with Gasteiger partial charge in [0.2, 0.25) is 0 Å². The number of rotatable bonds is 14. The number of fused-ring (bicyclic) bond motifs is 3. The highest BCUT2D eigenvalue weighted by Gasteiger charge is 2.28. The molecule has 0 atom stereocenters. The molecule has 0 aliphatic rings. The van der Waals surface area contributed by atoms with Gasteiger partial charge in [0, 0.05) is 41.9 Å². The fraction of sp³-hybridized carbons (Fsp3) is 0.260. The van der Waals surface area contributed by atoms with Crippen LogP contribution in [0, 0.1) is 19.7 Å². The summed E-state index contributed by atoms with van der Waals surface area (Å²) >= 11 is 6.30. The van der Waals surface area contributed by atoms with Crippen molar-refractivity contribution >= 4 is 73.8 Å². The number of methoxy groups -OCH3 is 1. The van der Waals surface area contributed by atoms with Crippen molar-refractivity contribution in [3.63, 3.8) is 0 Å². The van der Waals surface area contributed by atoms with Crippen molar-refractivity contribution in [3.8, 4) is 17.1 Å². The zero-order chi connectivity index (χ0) is 67.7. The highest BCUT2D eigenvalue weighted by molar-refractivity contribution is 7.91. The number of sulfone groups is 3. The Kier molecular flexibility index (Phi) is 19.5. The van der Waals surface area contributed by atoms with Gasteiger partial charge in [-0.15, -0.1) is 0 Å². The summed E-state index contributed by atoms with van der Waals surface area (Å²) in [4.78, 5) is 13.4. The Morgan fingerprint density at radius 3 is 1.32 bits per heavy atom. The van der Waals surface area contributed by atoms with Gasteiger partial charge in [-0.1, -0.05) is 116 Å². The number of aromatic nitrogens is 9. The van der Waals surface area contributed by atoms with Crippen LogP contribution in [0.15, 0.2) is 203 Å². The van der Waals surface area contributed by atoms with Gasteiger partial charge in [0.25, 0.3) is 0 Å². The van der Waals surface area contributed by atoms with E-state index in [-0.39, 0.29) is 38.4 Å². The van der Waals surface area contributed by atoms with Gasteiger partial charge in [-0.05, 0) is 174 Å². The van der Waals surface area contributed by atoms with E-state index in [4.69, 9.17) is 16.3 Å². The van der Waals surface area contributed by atoms with Crippen LogP contribution in [-0.2, 0) is 74.4 Å². The Labute approximate surface area is 554 Å². The fourth-order valence-corrected chi connectivity index (χ4v) is 15.2. The summed E-state index contributed by atoms with van der Waals surface area (Å²) in [6, 6.07) is 50.2. The minimum atomic E-state index is -3.93. The number of hydrogen-bond acceptors (Lipinski definition) is 13. The van der Waals surface area contributed by atoms with Crippen LogP contribution in [0.25, 0.3) is 49.8 Å². The highest BCUT2D eigenvalue weighted by atomic mass is 35.5. The molecule has 6 aromatic heterocycles. The van der Waals surface area contributed by atoms with Crippen molar-refractivity contribution in [2.24, 2.45) is 0 Å². The van der Waals surface area contributed by atoms with Crippen molar-refractivity contribution in [2.45, 2.75) is 131 Å². The third-order valence-electron chi connectivity index (χ3n) is 15.9. The fourth-order valence-electron chi connectivity index (χ4n) is 11.0. The monoisotopic (exact) mass is 1340 g/mol. The summed E-state index contributed by atoms with van der Waals surface area (Å²) in [5.41, 5.74) is 10.8. The molecule has 0 bridgehead atoms. The second kappa shape index (κ2) is 26.9. The molecule has 16 nitrogen and oxygen atoms in total. The molecule has 0 unspecified atom stereocenters. The third-order valence-corrected chi connectivity index (χ3v) is 21.2. The van der Waals surface area contributed by atoms with E-state index in [0.29, 0.717) is 55.4 Å². The first kappa shape index (κ1) is 68.1. The van der Waals surface area contributed by atoms with Crippen LogP contribution in [0.1, 0.15) is 113 Å². The van der Waals surface area contributed by atoms with E-state index in [1.54, 1.807) is 101 Å². The molecule has 0 saturated carbocycles. The smallest absolute Gasteiger partial charge is 0.186 e. The second-order valence-electron chi connectivity index (χ2n) is 26.2. The quantitative estimate of drug-likeness (QED) is 0.0995. The lowest BCUT2D eigenvalue weighted by Gasteiger charge is -2.19. The van der Waals surface area contributed by atoms with Gasteiger partial charge >= 0.3 is 0 Å². The lowest BCUT2D eigenvalue weighted by Crippen LogP contribution is -2.15. The Balaban J connectivity index is 0.000000154. The first-order chi connectivity index (χ1) is 44.3. The first-order valence-electron chi connectivity index (χ1n) is 30.4. The molecular formula is C73H75ClFN9O7S3. The topological polar surface area (TPSA) is 204 Å². The molecule has 6 aromatic carbocycles. The molecule has 0 spiro atoms. The maximum atomic E-state index is 14.8. The Bertz CT molecular complexity index is 5120. The Morgan fingerprint density at radius 1 is 0.447 bits per heavy atom. The van der Waals surface area contributed by atoms with Crippen molar-refractivity contribution in [1.29, 1.82) is 0 Å². The maximum absolute atomic E-state index is 14.8. The summed E-state index contributed by atoms with van der Waals surface area (Å²) in [6.07, 6.45) is 5.12. The van der Waals surface area contributed by atoms with E-state index in [0.717, 1.165) is 66.6 Å². The van der Waals surface area contributed by atoms with Gasteiger partial charge in [0.05, 0.1) is 106 Å². The number of ether oxygens (including phenoxy) is 1. The lowest BCUT2D eigenvalue weighted by atomic mass is 9.87. The third kappa shape index (κ3) is 15.2. The van der Waals surface area contributed by atoms with Crippen molar-refractivity contribution in [1.82, 2.24) is 44.3 Å². The van der Waals surface area contributed by atoms with E-state index >= 15 is 0 Å². The van der Waals surface area contributed by atoms with Gasteiger partial charge in [0.15, 0.2) is 29.5 Å². The molecule has 6 heterocycles. The summed E-state index contributed by atoms with van der Waals surface area (Å²) in [6.45, 7) is 22.4. The van der Waals surface area contributed by atoms with E-state index in [2.05, 4.69) is 71.8 Å². The number of halogens is 2. The summed E-state index contributed by atoms with van der Waals surface area (Å²) in [7, 11) is -9.47. The van der Waals surface area contributed by atoms with Gasteiger partial charge in [-0.2, -0.15) is 15.3 Å². The van der Waals surface area contributed by atoms with Gasteiger partial charge in [-0.3, -0.25) is 15.0 Å². The molecule has 0 aliphatic heterocycles. The van der Waals surface area contributed by atoms with Gasteiger partial charge in [0.1, 0.15) is 10.7 Å². The van der Waals surface area contributed by atoms with Crippen LogP contribution in [-0.4, -0.2) is 76.7 Å². The van der Waals surface area contributed by atoms with Crippen molar-refractivity contribution in [3.05, 3.63) is 250 Å². The second-order valence-corrected chi connectivity index (χ2v) is 32.6. The normalized spacial score (nSPS) is 12.4. The summed E-state index contributed by atoms with van der Waals surface area (Å²) in [5, 5.41) is 16.8. The number of aryl methyl sites for hydroxylation is 2.